The summed E-state index contributed by atoms with van der Waals surface area (Å²) in [6, 6.07) is 10.8. The van der Waals surface area contributed by atoms with E-state index >= 15 is 0 Å². The molecule has 5 rings (SSSR count). The highest BCUT2D eigenvalue weighted by molar-refractivity contribution is 5.96. The first-order valence-corrected chi connectivity index (χ1v) is 9.32. The Morgan fingerprint density at radius 2 is 2.10 bits per heavy atom. The van der Waals surface area contributed by atoms with Crippen LogP contribution < -0.4 is 10.1 Å². The molecule has 29 heavy (non-hydrogen) atoms. The van der Waals surface area contributed by atoms with Gasteiger partial charge in [-0.25, -0.2) is 0 Å². The number of carbonyl (C=O) groups excluding carboxylic acids is 1. The van der Waals surface area contributed by atoms with E-state index in [0.29, 0.717) is 40.2 Å². The van der Waals surface area contributed by atoms with E-state index in [0.717, 1.165) is 18.7 Å². The minimum absolute atomic E-state index is 0.207. The van der Waals surface area contributed by atoms with Crippen molar-refractivity contribution in [1.29, 1.82) is 0 Å². The molecule has 1 aliphatic rings. The largest absolute Gasteiger partial charge is 0.496 e. The first kappa shape index (κ1) is 17.4. The maximum absolute atomic E-state index is 12.5. The molecule has 9 nitrogen and oxygen atoms in total. The van der Waals surface area contributed by atoms with Crippen molar-refractivity contribution in [2.24, 2.45) is 0 Å². The summed E-state index contributed by atoms with van der Waals surface area (Å²) in [5.74, 6) is 2.43. The van der Waals surface area contributed by atoms with Crippen molar-refractivity contribution in [3.05, 3.63) is 59.8 Å². The van der Waals surface area contributed by atoms with Gasteiger partial charge in [0, 0.05) is 12.1 Å². The van der Waals surface area contributed by atoms with Crippen LogP contribution in [0, 0.1) is 0 Å². The number of hydrogen-bond acceptors (Lipinski definition) is 7. The number of ether oxygens (including phenoxy) is 1. The highest BCUT2D eigenvalue weighted by Crippen LogP contribution is 2.39. The van der Waals surface area contributed by atoms with E-state index in [4.69, 9.17) is 9.26 Å². The molecule has 0 radical (unpaired) electrons. The van der Waals surface area contributed by atoms with E-state index in [1.165, 1.54) is 7.11 Å². The molecule has 1 N–H and O–H groups in total. The van der Waals surface area contributed by atoms with E-state index in [9.17, 15) is 4.79 Å². The molecule has 0 atom stereocenters. The number of rotatable bonds is 6. The van der Waals surface area contributed by atoms with Crippen LogP contribution in [-0.2, 0) is 6.54 Å². The van der Waals surface area contributed by atoms with Crippen molar-refractivity contribution >= 4 is 11.6 Å². The van der Waals surface area contributed by atoms with E-state index in [2.05, 4.69) is 25.7 Å². The number of pyridine rings is 1. The Bertz CT molecular complexity index is 1190. The first-order chi connectivity index (χ1) is 14.2. The number of aromatic nitrogens is 5. The highest BCUT2D eigenvalue weighted by Gasteiger charge is 2.29. The third-order valence-corrected chi connectivity index (χ3v) is 4.88. The van der Waals surface area contributed by atoms with E-state index in [1.54, 1.807) is 22.6 Å². The summed E-state index contributed by atoms with van der Waals surface area (Å²) in [5, 5.41) is 15.4. The van der Waals surface area contributed by atoms with Crippen molar-refractivity contribution in [3.63, 3.8) is 0 Å². The minimum atomic E-state index is -0.249. The summed E-state index contributed by atoms with van der Waals surface area (Å²) < 4.78 is 12.5. The first-order valence-electron chi connectivity index (χ1n) is 9.32. The minimum Gasteiger partial charge on any atom is -0.496 e. The van der Waals surface area contributed by atoms with Gasteiger partial charge in [-0.3, -0.25) is 9.20 Å². The molecule has 0 bridgehead atoms. The molecule has 0 spiro atoms. The Balaban J connectivity index is 1.39. The van der Waals surface area contributed by atoms with Gasteiger partial charge in [0.25, 0.3) is 11.8 Å². The van der Waals surface area contributed by atoms with Crippen molar-refractivity contribution in [1.82, 2.24) is 30.1 Å². The van der Waals surface area contributed by atoms with Crippen molar-refractivity contribution < 1.29 is 14.1 Å². The predicted molar refractivity (Wildman–Crippen MR) is 102 cm³/mol. The lowest BCUT2D eigenvalue weighted by atomic mass is 10.2. The van der Waals surface area contributed by atoms with Crippen LogP contribution in [-0.4, -0.2) is 37.8 Å². The van der Waals surface area contributed by atoms with Crippen LogP contribution in [0.3, 0.4) is 0 Å². The fourth-order valence-corrected chi connectivity index (χ4v) is 3.19. The average molecular weight is 390 g/mol. The molecule has 1 fully saturated rings. The number of fused-ring (bicyclic) bond motifs is 1. The van der Waals surface area contributed by atoms with E-state index in [1.807, 2.05) is 24.4 Å². The highest BCUT2D eigenvalue weighted by atomic mass is 16.5. The number of benzene rings is 1. The fraction of sp³-hybridized carbons (Fsp3) is 0.250. The number of nitrogens with zero attached hydrogens (tertiary/aromatic N) is 5. The molecule has 9 heteroatoms. The molecule has 0 aliphatic heterocycles. The number of carbonyl (C=O) groups is 1. The molecule has 1 aliphatic carbocycles. The molecule has 1 saturated carbocycles. The normalized spacial score (nSPS) is 13.6. The molecule has 3 aromatic heterocycles. The van der Waals surface area contributed by atoms with Gasteiger partial charge in [-0.2, -0.15) is 4.98 Å². The quantitative estimate of drug-likeness (QED) is 0.539. The SMILES string of the molecule is COc1ccccc1C(=O)NCc1nnc2c(-c3nc(C4CC4)no3)cccn12. The zero-order chi connectivity index (χ0) is 19.8. The number of amides is 1. The van der Waals surface area contributed by atoms with Gasteiger partial charge in [-0.1, -0.05) is 17.3 Å². The molecular formula is C20H18N6O3. The van der Waals surface area contributed by atoms with Crippen LogP contribution in [0.4, 0.5) is 0 Å². The molecular weight excluding hydrogens is 372 g/mol. The summed E-state index contributed by atoms with van der Waals surface area (Å²) in [6.45, 7) is 0.207. The van der Waals surface area contributed by atoms with Gasteiger partial charge in [-0.15, -0.1) is 10.2 Å². The monoisotopic (exact) mass is 390 g/mol. The topological polar surface area (TPSA) is 107 Å². The fourth-order valence-electron chi connectivity index (χ4n) is 3.19. The summed E-state index contributed by atoms with van der Waals surface area (Å²) in [4.78, 5) is 17.0. The van der Waals surface area contributed by atoms with Gasteiger partial charge in [-0.05, 0) is 37.1 Å². The van der Waals surface area contributed by atoms with Crippen LogP contribution in [0.15, 0.2) is 47.1 Å². The van der Waals surface area contributed by atoms with E-state index < -0.39 is 0 Å². The Hall–Kier alpha value is -3.75. The van der Waals surface area contributed by atoms with Crippen LogP contribution in [0.25, 0.3) is 17.1 Å². The molecule has 0 saturated heterocycles. The molecule has 1 aromatic carbocycles. The molecule has 146 valence electrons. The summed E-state index contributed by atoms with van der Waals surface area (Å²) >= 11 is 0. The standard InChI is InChI=1S/C20H18N6O3/c1-28-15-7-3-2-5-13(15)19(27)21-11-16-23-24-18-14(6-4-10-26(16)18)20-22-17(25-29-20)12-8-9-12/h2-7,10,12H,8-9,11H2,1H3,(H,21,27). The number of nitrogens with one attached hydrogen (secondary N) is 1. The van der Waals surface area contributed by atoms with Crippen molar-refractivity contribution in [2.75, 3.05) is 7.11 Å². The summed E-state index contributed by atoms with van der Waals surface area (Å²) in [5.41, 5.74) is 1.77. The second-order valence-electron chi connectivity index (χ2n) is 6.85. The van der Waals surface area contributed by atoms with Crippen molar-refractivity contribution in [3.8, 4) is 17.2 Å². The van der Waals surface area contributed by atoms with Gasteiger partial charge in [0.15, 0.2) is 17.3 Å². The zero-order valence-electron chi connectivity index (χ0n) is 15.7. The number of hydrogen-bond donors (Lipinski definition) is 1. The Kier molecular flexibility index (Phi) is 4.19. The second kappa shape index (κ2) is 7.01. The molecule has 3 heterocycles. The van der Waals surface area contributed by atoms with Crippen LogP contribution in [0.5, 0.6) is 5.75 Å². The zero-order valence-corrected chi connectivity index (χ0v) is 15.7. The second-order valence-corrected chi connectivity index (χ2v) is 6.85. The number of para-hydroxylation sites is 1. The lowest BCUT2D eigenvalue weighted by molar-refractivity contribution is 0.0946. The van der Waals surface area contributed by atoms with Gasteiger partial charge < -0.3 is 14.6 Å². The van der Waals surface area contributed by atoms with Gasteiger partial charge in [0.1, 0.15) is 5.75 Å². The summed E-state index contributed by atoms with van der Waals surface area (Å²) in [6.07, 6.45) is 4.04. The van der Waals surface area contributed by atoms with Crippen LogP contribution in [0.2, 0.25) is 0 Å². The maximum atomic E-state index is 12.5. The van der Waals surface area contributed by atoms with Crippen LogP contribution in [0.1, 0.15) is 40.8 Å². The summed E-state index contributed by atoms with van der Waals surface area (Å²) in [7, 11) is 1.53. The Morgan fingerprint density at radius 3 is 2.93 bits per heavy atom. The Morgan fingerprint density at radius 1 is 1.24 bits per heavy atom. The lowest BCUT2D eigenvalue weighted by Gasteiger charge is -2.08. The third kappa shape index (κ3) is 3.20. The average Bonchev–Trinajstić information content (AvgIpc) is 3.34. The van der Waals surface area contributed by atoms with Gasteiger partial charge in [0.2, 0.25) is 0 Å². The van der Waals surface area contributed by atoms with Gasteiger partial charge in [0.05, 0.1) is 24.8 Å². The maximum Gasteiger partial charge on any atom is 0.261 e. The molecule has 0 unspecified atom stereocenters. The van der Waals surface area contributed by atoms with Crippen LogP contribution >= 0.6 is 0 Å². The third-order valence-electron chi connectivity index (χ3n) is 4.88. The predicted octanol–water partition coefficient (Wildman–Crippen LogP) is 2.60. The van der Waals surface area contributed by atoms with E-state index in [-0.39, 0.29) is 12.5 Å². The van der Waals surface area contributed by atoms with Gasteiger partial charge >= 0.3 is 0 Å². The number of methoxy groups -OCH3 is 1. The van der Waals surface area contributed by atoms with Crippen molar-refractivity contribution in [2.45, 2.75) is 25.3 Å². The molecule has 1 amide bonds. The lowest BCUT2D eigenvalue weighted by Crippen LogP contribution is -2.24. The molecule has 4 aromatic rings. The Labute approximate surface area is 165 Å². The smallest absolute Gasteiger partial charge is 0.261 e.